The molecule has 2 heterocycles. The van der Waals surface area contributed by atoms with Gasteiger partial charge < -0.3 is 9.47 Å². The van der Waals surface area contributed by atoms with Crippen molar-refractivity contribution in [2.24, 2.45) is 0 Å². The Kier molecular flexibility index (Phi) is 3.68. The minimum atomic E-state index is -0.659. The van der Waals surface area contributed by atoms with E-state index in [4.69, 9.17) is 9.47 Å². The molecule has 2 aliphatic heterocycles. The molecule has 0 atom stereocenters. The van der Waals surface area contributed by atoms with Gasteiger partial charge in [-0.15, -0.1) is 0 Å². The Morgan fingerprint density at radius 2 is 1.40 bits per heavy atom. The summed E-state index contributed by atoms with van der Waals surface area (Å²) in [6, 6.07) is 20.3. The molecule has 0 amide bonds. The first-order chi connectivity index (χ1) is 12.0. The normalized spacial score (nSPS) is 21.1. The van der Waals surface area contributed by atoms with Gasteiger partial charge in [-0.25, -0.2) is 4.79 Å². The zero-order valence-electron chi connectivity index (χ0n) is 14.6. The second kappa shape index (κ2) is 5.76. The lowest BCUT2D eigenvalue weighted by molar-refractivity contribution is -0.151. The van der Waals surface area contributed by atoms with Crippen molar-refractivity contribution in [3.8, 4) is 0 Å². The third-order valence-electron chi connectivity index (χ3n) is 5.11. The number of esters is 1. The zero-order chi connectivity index (χ0) is 17.5. The number of hydrogen-bond acceptors (Lipinski definition) is 3. The van der Waals surface area contributed by atoms with Crippen LogP contribution in [0.15, 0.2) is 72.0 Å². The first kappa shape index (κ1) is 15.9. The topological polar surface area (TPSA) is 35.5 Å². The fourth-order valence-corrected chi connectivity index (χ4v) is 3.72. The lowest BCUT2D eigenvalue weighted by Gasteiger charge is -2.32. The van der Waals surface area contributed by atoms with Crippen molar-refractivity contribution in [3.63, 3.8) is 0 Å². The molecule has 2 aliphatic rings. The van der Waals surface area contributed by atoms with E-state index in [-0.39, 0.29) is 5.97 Å². The number of ether oxygens (including phenoxy) is 2. The van der Waals surface area contributed by atoms with E-state index >= 15 is 0 Å². The molecule has 0 spiro atoms. The van der Waals surface area contributed by atoms with E-state index in [1.54, 1.807) is 0 Å². The number of benzene rings is 2. The number of cyclic esters (lactones) is 1. The molecule has 3 heteroatoms. The SMILES string of the molecule is CC1(C)CCC2=C(CC(c3ccccc3)(c3ccccc3)O2)C(=O)O1. The van der Waals surface area contributed by atoms with Crippen LogP contribution >= 0.6 is 0 Å². The molecule has 2 aromatic rings. The summed E-state index contributed by atoms with van der Waals surface area (Å²) in [7, 11) is 0. The summed E-state index contributed by atoms with van der Waals surface area (Å²) in [6.07, 6.45) is 1.98. The van der Waals surface area contributed by atoms with Crippen LogP contribution in [-0.4, -0.2) is 11.6 Å². The molecular formula is C22H22O3. The van der Waals surface area contributed by atoms with Crippen LogP contribution in [0.2, 0.25) is 0 Å². The smallest absolute Gasteiger partial charge is 0.338 e. The van der Waals surface area contributed by atoms with Gasteiger partial charge in [-0.1, -0.05) is 60.7 Å². The largest absolute Gasteiger partial charge is 0.481 e. The van der Waals surface area contributed by atoms with Gasteiger partial charge in [-0.05, 0) is 20.3 Å². The van der Waals surface area contributed by atoms with Crippen molar-refractivity contribution in [2.45, 2.75) is 44.3 Å². The molecule has 0 saturated heterocycles. The third kappa shape index (κ3) is 2.74. The van der Waals surface area contributed by atoms with E-state index in [0.717, 1.165) is 29.7 Å². The average molecular weight is 334 g/mol. The molecule has 4 rings (SSSR count). The molecule has 0 fully saturated rings. The molecule has 128 valence electrons. The maximum atomic E-state index is 12.7. The molecule has 0 aliphatic carbocycles. The van der Waals surface area contributed by atoms with E-state index in [2.05, 4.69) is 24.3 Å². The number of hydrogen-bond donors (Lipinski definition) is 0. The molecule has 0 saturated carbocycles. The first-order valence-corrected chi connectivity index (χ1v) is 8.76. The number of rotatable bonds is 2. The van der Waals surface area contributed by atoms with Crippen molar-refractivity contribution in [1.29, 1.82) is 0 Å². The highest BCUT2D eigenvalue weighted by molar-refractivity contribution is 5.90. The molecule has 0 N–H and O–H groups in total. The second-order valence-electron chi connectivity index (χ2n) is 7.39. The molecular weight excluding hydrogens is 312 g/mol. The monoisotopic (exact) mass is 334 g/mol. The fraction of sp³-hybridized carbons (Fsp3) is 0.318. The summed E-state index contributed by atoms with van der Waals surface area (Å²) in [5, 5.41) is 0. The van der Waals surface area contributed by atoms with E-state index in [1.807, 2.05) is 50.2 Å². The van der Waals surface area contributed by atoms with Gasteiger partial charge in [0.2, 0.25) is 0 Å². The van der Waals surface area contributed by atoms with E-state index in [9.17, 15) is 4.79 Å². The minimum absolute atomic E-state index is 0.244. The van der Waals surface area contributed by atoms with E-state index in [0.29, 0.717) is 12.0 Å². The lowest BCUT2D eigenvalue weighted by Crippen LogP contribution is -2.31. The van der Waals surface area contributed by atoms with Crippen LogP contribution in [0, 0.1) is 0 Å². The molecule has 0 aromatic heterocycles. The van der Waals surface area contributed by atoms with Crippen molar-refractivity contribution in [2.75, 3.05) is 0 Å². The van der Waals surface area contributed by atoms with Crippen LogP contribution in [0.5, 0.6) is 0 Å². The van der Waals surface area contributed by atoms with Crippen LogP contribution < -0.4 is 0 Å². The van der Waals surface area contributed by atoms with Crippen LogP contribution in [0.1, 0.15) is 44.2 Å². The van der Waals surface area contributed by atoms with Crippen molar-refractivity contribution < 1.29 is 14.3 Å². The first-order valence-electron chi connectivity index (χ1n) is 8.76. The van der Waals surface area contributed by atoms with Gasteiger partial charge in [0.15, 0.2) is 5.60 Å². The Hall–Kier alpha value is -2.55. The summed E-state index contributed by atoms with van der Waals surface area (Å²) in [6.45, 7) is 3.91. The quantitative estimate of drug-likeness (QED) is 0.746. The Bertz CT molecular complexity index is 779. The van der Waals surface area contributed by atoms with Crippen LogP contribution in [-0.2, 0) is 19.9 Å². The molecule has 0 bridgehead atoms. The lowest BCUT2D eigenvalue weighted by atomic mass is 9.82. The van der Waals surface area contributed by atoms with Crippen molar-refractivity contribution in [1.82, 2.24) is 0 Å². The highest BCUT2D eigenvalue weighted by Crippen LogP contribution is 2.49. The number of carbonyl (C=O) groups is 1. The third-order valence-corrected chi connectivity index (χ3v) is 5.11. The Balaban J connectivity index is 1.79. The molecule has 3 nitrogen and oxygen atoms in total. The number of allylic oxidation sites excluding steroid dienone is 1. The van der Waals surface area contributed by atoms with Gasteiger partial charge in [0.1, 0.15) is 11.4 Å². The van der Waals surface area contributed by atoms with Gasteiger partial charge >= 0.3 is 5.97 Å². The van der Waals surface area contributed by atoms with Crippen LogP contribution in [0.3, 0.4) is 0 Å². The van der Waals surface area contributed by atoms with Gasteiger partial charge in [0.25, 0.3) is 0 Å². The maximum Gasteiger partial charge on any atom is 0.338 e. The Labute approximate surface area is 148 Å². The van der Waals surface area contributed by atoms with Crippen LogP contribution in [0.4, 0.5) is 0 Å². The highest BCUT2D eigenvalue weighted by Gasteiger charge is 2.48. The molecule has 0 radical (unpaired) electrons. The Morgan fingerprint density at radius 3 is 1.96 bits per heavy atom. The summed E-state index contributed by atoms with van der Waals surface area (Å²) >= 11 is 0. The second-order valence-corrected chi connectivity index (χ2v) is 7.39. The minimum Gasteiger partial charge on any atom is -0.481 e. The standard InChI is InChI=1S/C22H22O3/c1-21(2)14-13-19-18(20(23)25-21)15-22(24-19,16-9-5-3-6-10-16)17-11-7-4-8-12-17/h3-12H,13-15H2,1-2H3. The van der Waals surface area contributed by atoms with Crippen molar-refractivity contribution in [3.05, 3.63) is 83.1 Å². The summed E-state index contributed by atoms with van der Waals surface area (Å²) in [5.41, 5.74) is 1.68. The van der Waals surface area contributed by atoms with Crippen molar-refractivity contribution >= 4 is 5.97 Å². The average Bonchev–Trinajstić information content (AvgIpc) is 2.98. The van der Waals surface area contributed by atoms with E-state index < -0.39 is 11.2 Å². The van der Waals surface area contributed by atoms with Gasteiger partial charge in [-0.3, -0.25) is 0 Å². The fourth-order valence-electron chi connectivity index (χ4n) is 3.72. The summed E-state index contributed by atoms with van der Waals surface area (Å²) < 4.78 is 12.2. The zero-order valence-corrected chi connectivity index (χ0v) is 14.6. The predicted molar refractivity (Wildman–Crippen MR) is 95.8 cm³/mol. The summed E-state index contributed by atoms with van der Waals surface area (Å²) in [5.74, 6) is 0.537. The van der Waals surface area contributed by atoms with Crippen LogP contribution in [0.25, 0.3) is 0 Å². The van der Waals surface area contributed by atoms with Gasteiger partial charge in [-0.2, -0.15) is 0 Å². The van der Waals surface area contributed by atoms with Gasteiger partial charge in [0, 0.05) is 24.0 Å². The number of carbonyl (C=O) groups excluding carboxylic acids is 1. The van der Waals surface area contributed by atoms with Gasteiger partial charge in [0.05, 0.1) is 5.57 Å². The maximum absolute atomic E-state index is 12.7. The molecule has 0 unspecified atom stereocenters. The molecule has 2 aromatic carbocycles. The summed E-state index contributed by atoms with van der Waals surface area (Å²) in [4.78, 5) is 12.7. The Morgan fingerprint density at radius 1 is 0.840 bits per heavy atom. The van der Waals surface area contributed by atoms with E-state index in [1.165, 1.54) is 0 Å². The molecule has 25 heavy (non-hydrogen) atoms. The predicted octanol–water partition coefficient (Wildman–Crippen LogP) is 4.72. The highest BCUT2D eigenvalue weighted by atomic mass is 16.6.